The molecule has 3 rings (SSSR count). The van der Waals surface area contributed by atoms with Gasteiger partial charge in [-0.25, -0.2) is 0 Å². The minimum Gasteiger partial charge on any atom is -0.454 e. The molecule has 11 nitrogen and oxygen atoms in total. The summed E-state index contributed by atoms with van der Waals surface area (Å²) in [5.41, 5.74) is 5.47. The molecule has 0 bridgehead atoms. The van der Waals surface area contributed by atoms with Crippen LogP contribution in [0.3, 0.4) is 0 Å². The zero-order valence-corrected chi connectivity index (χ0v) is 9.83. The third kappa shape index (κ3) is 1.96. The van der Waals surface area contributed by atoms with Gasteiger partial charge in [-0.2, -0.15) is 5.10 Å². The van der Waals surface area contributed by atoms with Gasteiger partial charge in [0.1, 0.15) is 0 Å². The van der Waals surface area contributed by atoms with Crippen LogP contribution in [-0.4, -0.2) is 38.2 Å². The lowest BCUT2D eigenvalue weighted by Crippen LogP contribution is -2.01. The number of nitrogens with zero attached hydrogens (tertiary/aromatic N) is 6. The molecule has 20 heavy (non-hydrogen) atoms. The lowest BCUT2D eigenvalue weighted by Gasteiger charge is -2.00. The van der Waals surface area contributed by atoms with E-state index in [1.54, 1.807) is 0 Å². The number of nitrogen functional groups attached to an aromatic ring is 1. The Balaban J connectivity index is 2.02. The van der Waals surface area contributed by atoms with Crippen LogP contribution in [0.15, 0.2) is 17.2 Å². The number of nitro groups is 1. The minimum atomic E-state index is -0.549. The highest BCUT2D eigenvalue weighted by molar-refractivity contribution is 5.87. The van der Waals surface area contributed by atoms with E-state index in [-0.39, 0.29) is 24.0 Å². The quantitative estimate of drug-likeness (QED) is 0.460. The fourth-order valence-corrected chi connectivity index (χ4v) is 1.60. The van der Waals surface area contributed by atoms with Gasteiger partial charge in [-0.05, 0) is 16.5 Å². The largest absolute Gasteiger partial charge is 0.454 e. The molecule has 2 N–H and O–H groups in total. The molecule has 0 fully saturated rings. The second-order valence-electron chi connectivity index (χ2n) is 3.69. The number of tetrazole rings is 1. The lowest BCUT2D eigenvalue weighted by atomic mass is 10.1. The fourth-order valence-electron chi connectivity index (χ4n) is 1.60. The molecule has 2 aromatic rings. The number of nitro benzene ring substituents is 1. The summed E-state index contributed by atoms with van der Waals surface area (Å²) < 4.78 is 10.2. The molecule has 0 unspecified atom stereocenters. The number of anilines is 1. The van der Waals surface area contributed by atoms with Crippen molar-refractivity contribution < 1.29 is 14.4 Å². The van der Waals surface area contributed by atoms with Gasteiger partial charge in [0, 0.05) is 0 Å². The maximum Gasteiger partial charge on any atom is 0.282 e. The van der Waals surface area contributed by atoms with Crippen molar-refractivity contribution in [1.82, 2.24) is 20.3 Å². The van der Waals surface area contributed by atoms with Gasteiger partial charge < -0.3 is 15.2 Å². The first-order chi connectivity index (χ1) is 9.65. The Morgan fingerprint density at radius 1 is 1.45 bits per heavy atom. The van der Waals surface area contributed by atoms with E-state index >= 15 is 0 Å². The van der Waals surface area contributed by atoms with Crippen molar-refractivity contribution in [3.63, 3.8) is 0 Å². The van der Waals surface area contributed by atoms with Crippen molar-refractivity contribution >= 4 is 17.9 Å². The monoisotopic (exact) mass is 277 g/mol. The van der Waals surface area contributed by atoms with Crippen LogP contribution >= 0.6 is 0 Å². The van der Waals surface area contributed by atoms with Crippen molar-refractivity contribution in [2.24, 2.45) is 5.10 Å². The van der Waals surface area contributed by atoms with E-state index in [9.17, 15) is 10.1 Å². The molecule has 11 heteroatoms. The molecule has 0 saturated heterocycles. The Hall–Kier alpha value is -3.24. The summed E-state index contributed by atoms with van der Waals surface area (Å²) in [5.74, 6) is 0.683. The van der Waals surface area contributed by atoms with Gasteiger partial charge in [-0.1, -0.05) is 9.89 Å². The molecule has 1 aliphatic heterocycles. The van der Waals surface area contributed by atoms with E-state index in [1.807, 2.05) is 0 Å². The highest BCUT2D eigenvalue weighted by Gasteiger charge is 2.22. The van der Waals surface area contributed by atoms with Gasteiger partial charge in [0.25, 0.3) is 11.6 Å². The Bertz CT molecular complexity index is 710. The van der Waals surface area contributed by atoms with Gasteiger partial charge >= 0.3 is 0 Å². The third-order valence-corrected chi connectivity index (χ3v) is 2.50. The summed E-state index contributed by atoms with van der Waals surface area (Å²) in [5, 5.41) is 25.1. The van der Waals surface area contributed by atoms with Crippen LogP contribution in [0.1, 0.15) is 5.56 Å². The fraction of sp³-hybridized carbons (Fsp3) is 0.111. The van der Waals surface area contributed by atoms with Crippen molar-refractivity contribution in [3.05, 3.63) is 27.8 Å². The number of rotatable bonds is 3. The van der Waals surface area contributed by atoms with Crippen LogP contribution in [0.5, 0.6) is 11.5 Å². The Morgan fingerprint density at radius 3 is 2.85 bits per heavy atom. The van der Waals surface area contributed by atoms with E-state index in [1.165, 1.54) is 18.3 Å². The van der Waals surface area contributed by atoms with Crippen LogP contribution in [-0.2, 0) is 0 Å². The molecule has 0 amide bonds. The average Bonchev–Trinajstić information content (AvgIpc) is 3.03. The molecular formula is C9H7N7O4. The topological polar surface area (TPSA) is 144 Å². The van der Waals surface area contributed by atoms with E-state index < -0.39 is 4.92 Å². The highest BCUT2D eigenvalue weighted by atomic mass is 16.7. The number of aromatic nitrogens is 4. The molecule has 0 spiro atoms. The van der Waals surface area contributed by atoms with Gasteiger partial charge in [-0.3, -0.25) is 10.1 Å². The first kappa shape index (κ1) is 11.8. The SMILES string of the molecule is Nc1nnnn1/N=C\c1cc2c(cc1[N+](=O)[O-])OCO2. The second kappa shape index (κ2) is 4.46. The molecule has 102 valence electrons. The summed E-state index contributed by atoms with van der Waals surface area (Å²) in [6, 6.07) is 2.72. The number of ether oxygens (including phenoxy) is 2. The van der Waals surface area contributed by atoms with E-state index in [0.29, 0.717) is 11.5 Å². The maximum absolute atomic E-state index is 11.0. The van der Waals surface area contributed by atoms with Crippen molar-refractivity contribution in [1.29, 1.82) is 0 Å². The summed E-state index contributed by atoms with van der Waals surface area (Å²) in [4.78, 5) is 11.4. The molecule has 2 heterocycles. The number of benzene rings is 1. The number of fused-ring (bicyclic) bond motifs is 1. The molecule has 1 aromatic heterocycles. The molecule has 1 aliphatic rings. The van der Waals surface area contributed by atoms with Crippen LogP contribution in [0, 0.1) is 10.1 Å². The first-order valence-corrected chi connectivity index (χ1v) is 5.31. The van der Waals surface area contributed by atoms with Crippen molar-refractivity contribution in [2.45, 2.75) is 0 Å². The van der Waals surface area contributed by atoms with Crippen molar-refractivity contribution in [3.8, 4) is 11.5 Å². The molecule has 0 aliphatic carbocycles. The third-order valence-electron chi connectivity index (χ3n) is 2.50. The summed E-state index contributed by atoms with van der Waals surface area (Å²) >= 11 is 0. The smallest absolute Gasteiger partial charge is 0.282 e. The van der Waals surface area contributed by atoms with Crippen LogP contribution < -0.4 is 15.2 Å². The number of hydrogen-bond acceptors (Lipinski definition) is 9. The van der Waals surface area contributed by atoms with Gasteiger partial charge in [-0.15, -0.1) is 0 Å². The second-order valence-corrected chi connectivity index (χ2v) is 3.69. The predicted molar refractivity (Wildman–Crippen MR) is 64.4 cm³/mol. The van der Waals surface area contributed by atoms with Crippen LogP contribution in [0.2, 0.25) is 0 Å². The van der Waals surface area contributed by atoms with E-state index in [4.69, 9.17) is 15.2 Å². The normalized spacial score (nSPS) is 13.0. The van der Waals surface area contributed by atoms with Crippen molar-refractivity contribution in [2.75, 3.05) is 12.5 Å². The van der Waals surface area contributed by atoms with Crippen LogP contribution in [0.25, 0.3) is 0 Å². The van der Waals surface area contributed by atoms with E-state index in [2.05, 4.69) is 20.6 Å². The van der Waals surface area contributed by atoms with Gasteiger partial charge in [0.2, 0.25) is 6.79 Å². The maximum atomic E-state index is 11.0. The minimum absolute atomic E-state index is 0.0209. The predicted octanol–water partition coefficient (Wildman–Crippen LogP) is -0.226. The summed E-state index contributed by atoms with van der Waals surface area (Å²) in [7, 11) is 0. The molecule has 0 saturated carbocycles. The van der Waals surface area contributed by atoms with Gasteiger partial charge in [0.05, 0.1) is 22.8 Å². The Kier molecular flexibility index (Phi) is 2.64. The average molecular weight is 277 g/mol. The molecule has 0 radical (unpaired) electrons. The summed E-state index contributed by atoms with van der Waals surface area (Å²) in [6.45, 7) is 0.0209. The van der Waals surface area contributed by atoms with E-state index in [0.717, 1.165) is 4.79 Å². The number of hydrogen-bond donors (Lipinski definition) is 1. The molecule has 0 atom stereocenters. The van der Waals surface area contributed by atoms with Crippen LogP contribution in [0.4, 0.5) is 11.6 Å². The summed E-state index contributed by atoms with van der Waals surface area (Å²) in [6.07, 6.45) is 1.22. The number of nitrogens with two attached hydrogens (primary N) is 1. The standard InChI is InChI=1S/C9H7N7O4/c10-9-12-13-14-15(9)11-3-5-1-7-8(20-4-19-7)2-6(5)16(17)18/h1-3H,4H2,(H2,10,12,14)/b11-3-. The Labute approximate surface area is 110 Å². The van der Waals surface area contributed by atoms with Gasteiger partial charge in [0.15, 0.2) is 11.5 Å². The highest BCUT2D eigenvalue weighted by Crippen LogP contribution is 2.37. The zero-order chi connectivity index (χ0) is 14.1. The molecule has 1 aromatic carbocycles. The molecular weight excluding hydrogens is 270 g/mol. The Morgan fingerprint density at radius 2 is 2.20 bits per heavy atom. The zero-order valence-electron chi connectivity index (χ0n) is 9.83. The first-order valence-electron chi connectivity index (χ1n) is 5.31. The lowest BCUT2D eigenvalue weighted by molar-refractivity contribution is -0.385.